The molecule has 0 amide bonds. The first-order valence-corrected chi connectivity index (χ1v) is 7.05. The van der Waals surface area contributed by atoms with Gasteiger partial charge >= 0.3 is 0 Å². The highest BCUT2D eigenvalue weighted by Crippen LogP contribution is 2.41. The molecule has 1 heterocycles. The molecular formula is C15H18BrNO3. The van der Waals surface area contributed by atoms with E-state index in [2.05, 4.69) is 21.2 Å². The van der Waals surface area contributed by atoms with Gasteiger partial charge in [0.1, 0.15) is 21.7 Å². The van der Waals surface area contributed by atoms with Crippen LogP contribution in [0.25, 0.3) is 0 Å². The largest absolute Gasteiger partial charge is 0.495 e. The Morgan fingerprint density at radius 3 is 2.40 bits per heavy atom. The second-order valence-electron chi connectivity index (χ2n) is 4.36. The monoisotopic (exact) mass is 339 g/mol. The zero-order valence-corrected chi connectivity index (χ0v) is 13.6. The lowest BCUT2D eigenvalue weighted by molar-refractivity contribution is 0.383. The summed E-state index contributed by atoms with van der Waals surface area (Å²) < 4.78 is 17.1. The molecule has 1 N–H and O–H groups in total. The fraction of sp³-hybridized carbons (Fsp3) is 0.333. The van der Waals surface area contributed by atoms with E-state index in [-0.39, 0.29) is 6.04 Å². The zero-order valence-electron chi connectivity index (χ0n) is 12.0. The van der Waals surface area contributed by atoms with Crippen molar-refractivity contribution in [3.63, 3.8) is 0 Å². The van der Waals surface area contributed by atoms with Crippen molar-refractivity contribution in [1.82, 2.24) is 5.32 Å². The average molecular weight is 340 g/mol. The number of aryl methyl sites for hydroxylation is 1. The second kappa shape index (κ2) is 6.33. The van der Waals surface area contributed by atoms with Crippen LogP contribution in [0, 0.1) is 6.92 Å². The molecule has 0 spiro atoms. The SMILES string of the molecule is CNC(c1ccoc1C)c1ccc(OC)c(Br)c1OC. The van der Waals surface area contributed by atoms with Crippen molar-refractivity contribution in [2.24, 2.45) is 0 Å². The fourth-order valence-electron chi connectivity index (χ4n) is 2.32. The van der Waals surface area contributed by atoms with Crippen LogP contribution in [-0.2, 0) is 0 Å². The molecule has 1 aromatic heterocycles. The quantitative estimate of drug-likeness (QED) is 0.902. The number of benzene rings is 1. The van der Waals surface area contributed by atoms with Crippen LogP contribution < -0.4 is 14.8 Å². The molecule has 1 unspecified atom stereocenters. The van der Waals surface area contributed by atoms with Crippen LogP contribution in [0.5, 0.6) is 11.5 Å². The van der Waals surface area contributed by atoms with Crippen LogP contribution in [0.15, 0.2) is 33.4 Å². The van der Waals surface area contributed by atoms with Gasteiger partial charge in [-0.25, -0.2) is 0 Å². The van der Waals surface area contributed by atoms with E-state index in [0.717, 1.165) is 32.9 Å². The van der Waals surface area contributed by atoms with Gasteiger partial charge in [-0.2, -0.15) is 0 Å². The highest BCUT2D eigenvalue weighted by molar-refractivity contribution is 9.10. The molecule has 1 atom stereocenters. The topological polar surface area (TPSA) is 43.6 Å². The Bertz CT molecular complexity index is 595. The third-order valence-electron chi connectivity index (χ3n) is 3.33. The molecule has 0 fully saturated rings. The van der Waals surface area contributed by atoms with Gasteiger partial charge in [-0.15, -0.1) is 0 Å². The van der Waals surface area contributed by atoms with Crippen molar-refractivity contribution in [3.8, 4) is 11.5 Å². The summed E-state index contributed by atoms with van der Waals surface area (Å²) in [7, 11) is 5.20. The third kappa shape index (κ3) is 2.55. The van der Waals surface area contributed by atoms with Crippen LogP contribution in [0.3, 0.4) is 0 Å². The smallest absolute Gasteiger partial charge is 0.141 e. The summed E-state index contributed by atoms with van der Waals surface area (Å²) in [5.41, 5.74) is 2.11. The zero-order chi connectivity index (χ0) is 14.7. The Morgan fingerprint density at radius 2 is 1.90 bits per heavy atom. The molecule has 2 aromatic rings. The highest BCUT2D eigenvalue weighted by Gasteiger charge is 2.23. The standard InChI is InChI=1S/C15H18BrNO3/c1-9-10(7-8-20-9)14(17-2)11-5-6-12(18-3)13(16)15(11)19-4/h5-8,14,17H,1-4H3. The van der Waals surface area contributed by atoms with Gasteiger partial charge in [0.2, 0.25) is 0 Å². The first-order valence-electron chi connectivity index (χ1n) is 6.25. The van der Waals surface area contributed by atoms with Gasteiger partial charge in [-0.05, 0) is 48.1 Å². The van der Waals surface area contributed by atoms with Crippen molar-refractivity contribution in [1.29, 1.82) is 0 Å². The summed E-state index contributed by atoms with van der Waals surface area (Å²) in [5.74, 6) is 2.38. The predicted octanol–water partition coefficient (Wildman–Crippen LogP) is 3.68. The number of methoxy groups -OCH3 is 2. The lowest BCUT2D eigenvalue weighted by atomic mass is 9.98. The summed E-state index contributed by atoms with van der Waals surface area (Å²) >= 11 is 3.53. The lowest BCUT2D eigenvalue weighted by Crippen LogP contribution is -2.19. The molecule has 108 valence electrons. The number of ether oxygens (including phenoxy) is 2. The molecule has 0 bridgehead atoms. The van der Waals surface area contributed by atoms with E-state index < -0.39 is 0 Å². The summed E-state index contributed by atoms with van der Waals surface area (Å²) in [6.07, 6.45) is 1.69. The molecular weight excluding hydrogens is 322 g/mol. The maximum absolute atomic E-state index is 5.54. The van der Waals surface area contributed by atoms with Gasteiger partial charge in [0.25, 0.3) is 0 Å². The van der Waals surface area contributed by atoms with E-state index in [1.54, 1.807) is 20.5 Å². The minimum Gasteiger partial charge on any atom is -0.495 e. The number of nitrogens with one attached hydrogen (secondary N) is 1. The lowest BCUT2D eigenvalue weighted by Gasteiger charge is -2.21. The normalized spacial score (nSPS) is 12.2. The van der Waals surface area contributed by atoms with E-state index in [4.69, 9.17) is 13.9 Å². The Hall–Kier alpha value is -1.46. The van der Waals surface area contributed by atoms with Crippen molar-refractivity contribution >= 4 is 15.9 Å². The first-order chi connectivity index (χ1) is 9.63. The van der Waals surface area contributed by atoms with Crippen molar-refractivity contribution in [2.45, 2.75) is 13.0 Å². The van der Waals surface area contributed by atoms with E-state index in [1.807, 2.05) is 32.2 Å². The highest BCUT2D eigenvalue weighted by atomic mass is 79.9. The Labute approximate surface area is 127 Å². The third-order valence-corrected chi connectivity index (χ3v) is 4.08. The first kappa shape index (κ1) is 14.9. The van der Waals surface area contributed by atoms with E-state index in [9.17, 15) is 0 Å². The summed E-state index contributed by atoms with van der Waals surface area (Å²) in [6, 6.07) is 5.87. The van der Waals surface area contributed by atoms with Crippen molar-refractivity contribution in [2.75, 3.05) is 21.3 Å². The molecule has 0 saturated heterocycles. The maximum Gasteiger partial charge on any atom is 0.141 e. The molecule has 0 radical (unpaired) electrons. The van der Waals surface area contributed by atoms with Gasteiger partial charge in [-0.1, -0.05) is 0 Å². The molecule has 4 nitrogen and oxygen atoms in total. The summed E-state index contributed by atoms with van der Waals surface area (Å²) in [5, 5.41) is 3.30. The molecule has 2 rings (SSSR count). The molecule has 0 aliphatic heterocycles. The number of hydrogen-bond donors (Lipinski definition) is 1. The molecule has 0 aliphatic rings. The Morgan fingerprint density at radius 1 is 1.15 bits per heavy atom. The van der Waals surface area contributed by atoms with Crippen LogP contribution in [0.2, 0.25) is 0 Å². The summed E-state index contributed by atoms with van der Waals surface area (Å²) in [6.45, 7) is 1.95. The van der Waals surface area contributed by atoms with Crippen molar-refractivity contribution < 1.29 is 13.9 Å². The number of hydrogen-bond acceptors (Lipinski definition) is 4. The average Bonchev–Trinajstić information content (AvgIpc) is 2.86. The number of furan rings is 1. The molecule has 0 saturated carbocycles. The van der Waals surface area contributed by atoms with E-state index in [0.29, 0.717) is 0 Å². The Kier molecular flexibility index (Phi) is 4.73. The second-order valence-corrected chi connectivity index (χ2v) is 5.15. The minimum atomic E-state index is -0.00842. The molecule has 0 aliphatic carbocycles. The van der Waals surface area contributed by atoms with Gasteiger partial charge in [0.15, 0.2) is 0 Å². The maximum atomic E-state index is 5.54. The summed E-state index contributed by atoms with van der Waals surface area (Å²) in [4.78, 5) is 0. The van der Waals surface area contributed by atoms with Gasteiger partial charge in [-0.3, -0.25) is 0 Å². The molecule has 5 heteroatoms. The molecule has 20 heavy (non-hydrogen) atoms. The molecule has 1 aromatic carbocycles. The van der Waals surface area contributed by atoms with Gasteiger partial charge in [0.05, 0.1) is 26.5 Å². The van der Waals surface area contributed by atoms with Gasteiger partial charge < -0.3 is 19.2 Å². The fourth-order valence-corrected chi connectivity index (χ4v) is 3.00. The van der Waals surface area contributed by atoms with E-state index >= 15 is 0 Å². The minimum absolute atomic E-state index is 0.00842. The van der Waals surface area contributed by atoms with Crippen LogP contribution >= 0.6 is 15.9 Å². The Balaban J connectivity index is 2.56. The van der Waals surface area contributed by atoms with Crippen LogP contribution in [0.1, 0.15) is 22.9 Å². The van der Waals surface area contributed by atoms with Crippen LogP contribution in [0.4, 0.5) is 0 Å². The predicted molar refractivity (Wildman–Crippen MR) is 81.6 cm³/mol. The van der Waals surface area contributed by atoms with Crippen molar-refractivity contribution in [3.05, 3.63) is 45.8 Å². The van der Waals surface area contributed by atoms with Crippen LogP contribution in [-0.4, -0.2) is 21.3 Å². The van der Waals surface area contributed by atoms with E-state index in [1.165, 1.54) is 0 Å². The number of halogens is 1. The van der Waals surface area contributed by atoms with Gasteiger partial charge in [0, 0.05) is 11.1 Å². The number of rotatable bonds is 5.